The Kier molecular flexibility index (Phi) is 25.0. The lowest BCUT2D eigenvalue weighted by Crippen LogP contribution is -2.53. The molecule has 4 heterocycles. The zero-order chi connectivity index (χ0) is 62.3. The number of aromatic nitrogens is 2. The molecule has 2 aliphatic carbocycles. The summed E-state index contributed by atoms with van der Waals surface area (Å²) in [5.74, 6) is 0.339. The van der Waals surface area contributed by atoms with Crippen LogP contribution in [0.15, 0.2) is 131 Å². The van der Waals surface area contributed by atoms with E-state index in [1.807, 2.05) is 155 Å². The third kappa shape index (κ3) is 19.1. The van der Waals surface area contributed by atoms with E-state index in [1.165, 1.54) is 31.2 Å². The van der Waals surface area contributed by atoms with Crippen molar-refractivity contribution in [3.8, 4) is 0 Å². The van der Waals surface area contributed by atoms with Gasteiger partial charge in [-0.25, -0.2) is 9.59 Å². The highest BCUT2D eigenvalue weighted by Gasteiger charge is 2.36. The maximum atomic E-state index is 14.0. The lowest BCUT2D eigenvalue weighted by molar-refractivity contribution is -0.137. The van der Waals surface area contributed by atoms with Crippen LogP contribution in [0.1, 0.15) is 148 Å². The minimum atomic E-state index is -0.559. The monoisotopic (exact) mass is 1220 g/mol. The number of nitrogens with one attached hydrogen (secondary N) is 1. The Morgan fingerprint density at radius 2 is 0.977 bits per heavy atom. The lowest BCUT2D eigenvalue weighted by Gasteiger charge is -2.42. The van der Waals surface area contributed by atoms with Gasteiger partial charge in [0.2, 0.25) is 11.1 Å². The molecule has 0 spiro atoms. The number of aryl methyl sites for hydroxylation is 2. The number of para-hydroxylation sites is 2. The van der Waals surface area contributed by atoms with Crippen molar-refractivity contribution in [1.29, 1.82) is 0 Å². The van der Waals surface area contributed by atoms with Gasteiger partial charge in [0.05, 0.1) is 29.7 Å². The number of carbonyl (C=O) groups excluding carboxylic acids is 4. The van der Waals surface area contributed by atoms with E-state index in [-0.39, 0.29) is 65.8 Å². The second-order valence-corrected chi connectivity index (χ2v) is 26.2. The van der Waals surface area contributed by atoms with Crippen molar-refractivity contribution in [2.45, 2.75) is 150 Å². The number of amides is 3. The molecule has 476 valence electrons. The van der Waals surface area contributed by atoms with Crippen LogP contribution in [-0.4, -0.2) is 134 Å². The Balaban J connectivity index is 0.000000220. The van der Waals surface area contributed by atoms with Gasteiger partial charge >= 0.3 is 12.2 Å². The van der Waals surface area contributed by atoms with Gasteiger partial charge in [0.15, 0.2) is 0 Å². The van der Waals surface area contributed by atoms with E-state index in [4.69, 9.17) is 21.1 Å². The smallest absolute Gasteiger partial charge is 0.410 e. The number of hydrogen-bond donors (Lipinski definition) is 1. The largest absolute Gasteiger partial charge is 0.444 e. The first-order valence-corrected chi connectivity index (χ1v) is 31.9. The van der Waals surface area contributed by atoms with E-state index >= 15 is 0 Å². The number of carbonyl (C=O) groups is 4. The van der Waals surface area contributed by atoms with E-state index in [0.717, 1.165) is 91.1 Å². The first kappa shape index (κ1) is 68.6. The van der Waals surface area contributed by atoms with Gasteiger partial charge in [-0.1, -0.05) is 143 Å². The van der Waals surface area contributed by atoms with Gasteiger partial charge in [0.1, 0.15) is 11.2 Å². The maximum absolute atomic E-state index is 14.0. The van der Waals surface area contributed by atoms with Crippen molar-refractivity contribution in [1.82, 2.24) is 39.0 Å². The number of ether oxygens (including phenoxy) is 2. The van der Waals surface area contributed by atoms with Crippen LogP contribution >= 0.6 is 11.6 Å². The number of nitrogens with zero attached hydrogens (tertiary/aromatic N) is 7. The fourth-order valence-corrected chi connectivity index (χ4v) is 12.7. The number of pyridine rings is 2. The van der Waals surface area contributed by atoms with Crippen molar-refractivity contribution in [3.05, 3.63) is 164 Å². The van der Waals surface area contributed by atoms with Gasteiger partial charge in [-0.15, -0.1) is 0 Å². The lowest BCUT2D eigenvalue weighted by atomic mass is 9.88. The molecule has 2 saturated heterocycles. The average Bonchev–Trinajstić information content (AvgIpc) is 2.28. The van der Waals surface area contributed by atoms with Crippen molar-refractivity contribution >= 4 is 56.7 Å². The molecule has 2 saturated carbocycles. The molecule has 2 unspecified atom stereocenters. The van der Waals surface area contributed by atoms with E-state index < -0.39 is 11.2 Å². The zero-order valence-electron chi connectivity index (χ0n) is 52.7. The van der Waals surface area contributed by atoms with Crippen molar-refractivity contribution in [2.24, 2.45) is 25.9 Å². The first-order valence-electron chi connectivity index (χ1n) is 31.5. The topological polar surface area (TPSA) is 159 Å². The van der Waals surface area contributed by atoms with E-state index in [2.05, 4.69) is 39.4 Å². The summed E-state index contributed by atoms with van der Waals surface area (Å²) in [6.45, 7) is 18.6. The molecule has 6 aromatic rings. The first-order chi connectivity index (χ1) is 41.6. The summed E-state index contributed by atoms with van der Waals surface area (Å²) in [7, 11) is 3.62. The molecule has 16 nitrogen and oxygen atoms in total. The van der Waals surface area contributed by atoms with Crippen molar-refractivity contribution < 1.29 is 28.7 Å². The Labute approximate surface area is 527 Å². The maximum Gasteiger partial charge on any atom is 0.410 e. The number of hydrogen-bond acceptors (Lipinski definition) is 11. The van der Waals surface area contributed by atoms with E-state index in [1.54, 1.807) is 21.1 Å². The minimum Gasteiger partial charge on any atom is -0.444 e. The van der Waals surface area contributed by atoms with Gasteiger partial charge in [-0.2, -0.15) is 0 Å². The van der Waals surface area contributed by atoms with Crippen LogP contribution in [0.2, 0.25) is 0 Å². The number of halogens is 1. The van der Waals surface area contributed by atoms with Crippen LogP contribution < -0.4 is 16.4 Å². The van der Waals surface area contributed by atoms with Crippen LogP contribution in [0.3, 0.4) is 0 Å². The highest BCUT2D eigenvalue weighted by molar-refractivity contribution is 6.64. The second-order valence-electron chi connectivity index (χ2n) is 25.9. The van der Waals surface area contributed by atoms with Crippen molar-refractivity contribution in [2.75, 3.05) is 65.4 Å². The van der Waals surface area contributed by atoms with E-state index in [9.17, 15) is 28.8 Å². The van der Waals surface area contributed by atoms with Crippen molar-refractivity contribution in [3.63, 3.8) is 0 Å². The minimum absolute atomic E-state index is 0. The summed E-state index contributed by atoms with van der Waals surface area (Å²) in [5.41, 5.74) is 4.44. The second kappa shape index (κ2) is 32.1. The van der Waals surface area contributed by atoms with Gasteiger partial charge in [-0.3, -0.25) is 29.0 Å². The fraction of sp³-hybridized carbons (Fsp3) is 0.521. The summed E-state index contributed by atoms with van der Waals surface area (Å²) in [6.07, 6.45) is 10.3. The molecule has 17 heteroatoms. The van der Waals surface area contributed by atoms with Gasteiger partial charge < -0.3 is 38.6 Å². The normalized spacial score (nSPS) is 18.1. The molecular formula is C71H97ClN8O8. The summed E-state index contributed by atoms with van der Waals surface area (Å²) in [5, 5.41) is 5.39. The van der Waals surface area contributed by atoms with Crippen LogP contribution in [0.5, 0.6) is 0 Å². The third-order valence-corrected chi connectivity index (χ3v) is 17.5. The fourth-order valence-electron chi connectivity index (χ4n) is 12.5. The number of fused-ring (bicyclic) bond motifs is 2. The number of piperazine rings is 2. The van der Waals surface area contributed by atoms with Gasteiger partial charge in [-0.05, 0) is 125 Å². The molecule has 2 atom stereocenters. The van der Waals surface area contributed by atoms with Crippen LogP contribution in [0.4, 0.5) is 9.59 Å². The Morgan fingerprint density at radius 3 is 1.43 bits per heavy atom. The van der Waals surface area contributed by atoms with Crippen LogP contribution in [0.25, 0.3) is 21.8 Å². The summed E-state index contributed by atoms with van der Waals surface area (Å²) >= 11 is 5.32. The third-order valence-electron chi connectivity index (χ3n) is 17.2. The summed E-state index contributed by atoms with van der Waals surface area (Å²) in [4.78, 5) is 86.8. The summed E-state index contributed by atoms with van der Waals surface area (Å²) in [6, 6.07) is 40.4. The molecule has 3 amide bonds. The molecule has 88 heavy (non-hydrogen) atoms. The van der Waals surface area contributed by atoms with Gasteiger partial charge in [0, 0.05) is 109 Å². The number of rotatable bonds is 14. The Morgan fingerprint density at radius 1 is 0.557 bits per heavy atom. The zero-order valence-corrected chi connectivity index (χ0v) is 53.4. The standard InChI is InChI=1S/C35H46N4O4.C28H36N4O3.C7H11ClO.CH4/c1-35(2,3)43-34(42)39-22-20-37(31(25-39)26-13-7-5-8-14-26)19-21-38(33(41)27-15-9-6-10-16-27)24-29-23-28-17-11-12-18-30(28)36(4)32(29)40;1-28(2,3)35-27(34)32-17-16-31(25(20-32)21-10-6-5-7-11-21)15-14-29-19-23-18-22-12-8-9-13-24(22)30(4)26(23)33;8-7(9)6-4-2-1-3-5-6;/h5,7-8,11-14,17-18,23,27,31H,6,9-10,15-16,19-22,24-25H2,1-4H3;5-13,18,25,29H,14-17,19-20H2,1-4H3;6H,1-5H2;1H4. The Bertz CT molecular complexity index is 3370. The molecule has 4 aromatic carbocycles. The van der Waals surface area contributed by atoms with Gasteiger partial charge in [0.25, 0.3) is 11.1 Å². The predicted molar refractivity (Wildman–Crippen MR) is 353 cm³/mol. The average molecular weight is 1230 g/mol. The quantitative estimate of drug-likeness (QED) is 0.0817. The molecule has 4 aliphatic rings. The van der Waals surface area contributed by atoms with Crippen LogP contribution in [0, 0.1) is 11.8 Å². The summed E-state index contributed by atoms with van der Waals surface area (Å²) < 4.78 is 14.7. The molecule has 0 radical (unpaired) electrons. The molecule has 2 aromatic heterocycles. The molecule has 2 aliphatic heterocycles. The molecule has 4 fully saturated rings. The molecule has 1 N–H and O–H groups in total. The molecule has 0 bridgehead atoms. The predicted octanol–water partition coefficient (Wildman–Crippen LogP) is 12.6. The molecule has 10 rings (SSSR count). The highest BCUT2D eigenvalue weighted by atomic mass is 35.5. The van der Waals surface area contributed by atoms with Crippen LogP contribution in [-0.2, 0) is 46.2 Å². The Hall–Kier alpha value is -6.85. The van der Waals surface area contributed by atoms with E-state index in [0.29, 0.717) is 64.5 Å². The highest BCUT2D eigenvalue weighted by Crippen LogP contribution is 2.31. The molecular weight excluding hydrogens is 1130 g/mol. The SMILES string of the molecule is C.Cn1c(=O)c(CN(CCN2CCN(C(=O)OC(C)(C)C)CC2c2ccccc2)C(=O)C2CCCCC2)cc2ccccc21.Cn1c(=O)c(CNCCN2CCN(C(=O)OC(C)(C)C)CC2c2ccccc2)cc2ccccc21.O=C(Cl)C1CCCCC1. The number of benzene rings is 4.